The van der Waals surface area contributed by atoms with E-state index >= 15 is 0 Å². The monoisotopic (exact) mass is 496 g/mol. The Balaban J connectivity index is 0.00000160. The number of aliphatic hydroxyl groups is 1. The molecule has 182 valence electrons. The van der Waals surface area contributed by atoms with Crippen LogP contribution in [0, 0.1) is 34.9 Å². The second-order valence-electron chi connectivity index (χ2n) is 9.53. The fourth-order valence-electron chi connectivity index (χ4n) is 6.17. The first-order valence-corrected chi connectivity index (χ1v) is 12.9. The molecule has 2 aromatic carbocycles. The highest BCUT2D eigenvalue weighted by molar-refractivity contribution is 7.90. The molecule has 0 spiro atoms. The van der Waals surface area contributed by atoms with Crippen molar-refractivity contribution in [3.63, 3.8) is 0 Å². The number of nitriles is 1. The lowest BCUT2D eigenvalue weighted by molar-refractivity contribution is -0.134. The average molecular weight is 497 g/mol. The molecule has 10 heteroatoms. The fraction of sp³-hybridized carbons (Fsp3) is 0.320. The van der Waals surface area contributed by atoms with Gasteiger partial charge in [-0.25, -0.2) is 4.39 Å². The van der Waals surface area contributed by atoms with Crippen LogP contribution in [0.2, 0.25) is 0 Å². The van der Waals surface area contributed by atoms with Crippen LogP contribution in [0.3, 0.4) is 0 Å². The second-order valence-corrected chi connectivity index (χ2v) is 11.1. The first-order valence-electron chi connectivity index (χ1n) is 11.4. The summed E-state index contributed by atoms with van der Waals surface area (Å²) in [4.78, 5) is 15.3. The lowest BCUT2D eigenvalue weighted by atomic mass is 9.77. The number of carbonyl (C=O) groups excluding carboxylic acids is 1. The van der Waals surface area contributed by atoms with Gasteiger partial charge >= 0.3 is 0 Å². The van der Waals surface area contributed by atoms with Crippen molar-refractivity contribution in [3.8, 4) is 6.07 Å². The number of hydrogen-bond acceptors (Lipinski definition) is 6. The minimum atomic E-state index is -4.22. The van der Waals surface area contributed by atoms with Crippen molar-refractivity contribution in [1.82, 2.24) is 4.90 Å². The molecule has 2 heterocycles. The highest BCUT2D eigenvalue weighted by Gasteiger charge is 2.57. The van der Waals surface area contributed by atoms with Crippen molar-refractivity contribution in [2.75, 3.05) is 5.32 Å². The molecule has 0 saturated heterocycles. The van der Waals surface area contributed by atoms with Gasteiger partial charge in [0.05, 0.1) is 17.3 Å². The SMILES string of the molecule is N#Cc1ccc2c(c1)S(=O)(=O)N=C(C1=C(O)C3C4CC[C@H](C4)C3N(Cc3ccc(F)cc3)C1=O)N2.[HH].[HH]. The Morgan fingerprint density at radius 2 is 1.94 bits per heavy atom. The van der Waals surface area contributed by atoms with Crippen LogP contribution in [0.4, 0.5) is 10.1 Å². The van der Waals surface area contributed by atoms with E-state index in [0.29, 0.717) is 0 Å². The Morgan fingerprint density at radius 1 is 1.20 bits per heavy atom. The van der Waals surface area contributed by atoms with Gasteiger partial charge in [-0.05, 0) is 67.0 Å². The number of halogens is 1. The maximum atomic E-state index is 13.8. The molecule has 0 radical (unpaired) electrons. The lowest BCUT2D eigenvalue weighted by Gasteiger charge is -2.44. The van der Waals surface area contributed by atoms with Gasteiger partial charge in [-0.15, -0.1) is 4.40 Å². The van der Waals surface area contributed by atoms with Gasteiger partial charge in [0.1, 0.15) is 22.0 Å². The number of anilines is 1. The summed E-state index contributed by atoms with van der Waals surface area (Å²) in [7, 11) is -4.22. The van der Waals surface area contributed by atoms with Gasteiger partial charge in [0.25, 0.3) is 15.9 Å². The molecular weight excluding hydrogens is 471 g/mol. The zero-order valence-corrected chi connectivity index (χ0v) is 19.3. The Kier molecular flexibility index (Phi) is 4.76. The van der Waals surface area contributed by atoms with E-state index < -0.39 is 15.9 Å². The molecule has 2 saturated carbocycles. The lowest BCUT2D eigenvalue weighted by Crippen LogP contribution is -2.53. The molecule has 2 aliphatic carbocycles. The average Bonchev–Trinajstić information content (AvgIpc) is 3.45. The van der Waals surface area contributed by atoms with Crippen LogP contribution in [0.1, 0.15) is 33.2 Å². The van der Waals surface area contributed by atoms with Crippen molar-refractivity contribution >= 4 is 27.5 Å². The second kappa shape index (κ2) is 7.65. The summed E-state index contributed by atoms with van der Waals surface area (Å²) >= 11 is 0. The number of rotatable bonds is 3. The molecule has 4 atom stereocenters. The van der Waals surface area contributed by atoms with Crippen LogP contribution in [0.15, 0.2) is 63.1 Å². The molecule has 0 aromatic heterocycles. The predicted octanol–water partition coefficient (Wildman–Crippen LogP) is 3.97. The van der Waals surface area contributed by atoms with Gasteiger partial charge in [0.15, 0.2) is 5.84 Å². The minimum Gasteiger partial charge on any atom is -0.511 e. The topological polar surface area (TPSA) is 123 Å². The van der Waals surface area contributed by atoms with Crippen molar-refractivity contribution < 1.29 is 25.6 Å². The number of hydrogen-bond donors (Lipinski definition) is 2. The van der Waals surface area contributed by atoms with E-state index in [-0.39, 0.29) is 72.3 Å². The van der Waals surface area contributed by atoms with E-state index in [2.05, 4.69) is 9.71 Å². The van der Waals surface area contributed by atoms with Crippen LogP contribution < -0.4 is 5.32 Å². The zero-order valence-electron chi connectivity index (χ0n) is 18.5. The third-order valence-electron chi connectivity index (χ3n) is 7.64. The van der Waals surface area contributed by atoms with Gasteiger partial charge in [-0.3, -0.25) is 4.79 Å². The Morgan fingerprint density at radius 3 is 2.69 bits per heavy atom. The number of sulfonamides is 1. The van der Waals surface area contributed by atoms with Crippen molar-refractivity contribution in [2.45, 2.75) is 36.7 Å². The highest BCUT2D eigenvalue weighted by Crippen LogP contribution is 2.55. The summed E-state index contributed by atoms with van der Waals surface area (Å²) in [6.45, 7) is 0.211. The third kappa shape index (κ3) is 3.33. The molecule has 2 bridgehead atoms. The number of amides is 1. The van der Waals surface area contributed by atoms with Gasteiger partial charge < -0.3 is 15.3 Å². The molecule has 2 aromatic rings. The maximum Gasteiger partial charge on any atom is 0.286 e. The number of amidine groups is 1. The number of nitrogens with zero attached hydrogens (tertiary/aromatic N) is 3. The quantitative estimate of drug-likeness (QED) is 0.663. The largest absolute Gasteiger partial charge is 0.511 e. The third-order valence-corrected chi connectivity index (χ3v) is 8.95. The number of carbonyl (C=O) groups is 1. The molecule has 4 aliphatic rings. The fourth-order valence-corrected chi connectivity index (χ4v) is 7.32. The van der Waals surface area contributed by atoms with Crippen LogP contribution in [-0.4, -0.2) is 36.2 Å². The van der Waals surface area contributed by atoms with Crippen molar-refractivity contribution in [2.24, 2.45) is 22.2 Å². The molecule has 3 unspecified atom stereocenters. The van der Waals surface area contributed by atoms with Crippen molar-refractivity contribution in [1.29, 1.82) is 5.26 Å². The molecular formula is C25H25FN4O4S. The summed E-state index contributed by atoms with van der Waals surface area (Å²) in [5.74, 6) is -1.12. The standard InChI is InChI=1S/C25H21FN4O4S.2H2/c26-17-6-1-13(2-7-17)12-30-22-16-5-4-15(10-16)20(22)23(31)21(25(30)32)24-28-18-8-3-14(11-27)9-19(18)35(33,34)29-24;;/h1-3,6-9,15-16,20,22,31H,4-5,10,12H2,(H,28,29);2*1H/t15?,16-,20?,22?;;/m1../s1. The number of aliphatic hydroxyl groups excluding tert-OH is 1. The smallest absolute Gasteiger partial charge is 0.286 e. The van der Waals surface area contributed by atoms with E-state index in [1.807, 2.05) is 6.07 Å². The molecule has 8 nitrogen and oxygen atoms in total. The maximum absolute atomic E-state index is 13.8. The Bertz CT molecular complexity index is 1490. The van der Waals surface area contributed by atoms with E-state index in [9.17, 15) is 22.7 Å². The van der Waals surface area contributed by atoms with E-state index in [0.717, 1.165) is 24.8 Å². The Hall–Kier alpha value is -3.71. The van der Waals surface area contributed by atoms with E-state index in [4.69, 9.17) is 5.26 Å². The normalized spacial score (nSPS) is 28.2. The number of fused-ring (bicyclic) bond motifs is 6. The highest BCUT2D eigenvalue weighted by atomic mass is 32.2. The molecule has 6 rings (SSSR count). The van der Waals surface area contributed by atoms with Crippen molar-refractivity contribution in [3.05, 3.63) is 70.7 Å². The van der Waals surface area contributed by atoms with E-state index in [1.54, 1.807) is 17.0 Å². The summed E-state index contributed by atoms with van der Waals surface area (Å²) < 4.78 is 43.2. The molecule has 2 aliphatic heterocycles. The minimum absolute atomic E-state index is 0. The molecule has 35 heavy (non-hydrogen) atoms. The van der Waals surface area contributed by atoms with Gasteiger partial charge in [0.2, 0.25) is 0 Å². The first kappa shape index (κ1) is 21.8. The predicted molar refractivity (Wildman–Crippen MR) is 128 cm³/mol. The van der Waals surface area contributed by atoms with Gasteiger partial charge in [0, 0.05) is 21.4 Å². The zero-order chi connectivity index (χ0) is 24.5. The summed E-state index contributed by atoms with van der Waals surface area (Å²) in [6.07, 6.45) is 2.78. The van der Waals surface area contributed by atoms with Crippen LogP contribution in [-0.2, 0) is 21.4 Å². The summed E-state index contributed by atoms with van der Waals surface area (Å²) in [6, 6.07) is 11.7. The molecule has 2 N–H and O–H groups in total. The summed E-state index contributed by atoms with van der Waals surface area (Å²) in [5, 5.41) is 23.4. The molecule has 1 amide bonds. The summed E-state index contributed by atoms with van der Waals surface area (Å²) in [5.41, 5.74) is 0.933. The number of nitrogens with one attached hydrogen (secondary N) is 1. The van der Waals surface area contributed by atoms with Gasteiger partial charge in [-0.2, -0.15) is 13.7 Å². The van der Waals surface area contributed by atoms with Crippen LogP contribution in [0.5, 0.6) is 0 Å². The first-order chi connectivity index (χ1) is 16.8. The van der Waals surface area contributed by atoms with Crippen LogP contribution in [0.25, 0.3) is 0 Å². The Labute approximate surface area is 204 Å². The van der Waals surface area contributed by atoms with E-state index in [1.165, 1.54) is 30.3 Å². The molecule has 2 fully saturated rings. The van der Waals surface area contributed by atoms with Crippen LogP contribution >= 0.6 is 0 Å². The number of benzene rings is 2. The van der Waals surface area contributed by atoms with Gasteiger partial charge in [-0.1, -0.05) is 12.1 Å².